The van der Waals surface area contributed by atoms with Gasteiger partial charge in [0.1, 0.15) is 11.8 Å². The summed E-state index contributed by atoms with van der Waals surface area (Å²) >= 11 is 0. The molecule has 7 nitrogen and oxygen atoms in total. The molecule has 3 atom stereocenters. The van der Waals surface area contributed by atoms with E-state index in [2.05, 4.69) is 5.32 Å². The number of furan rings is 1. The summed E-state index contributed by atoms with van der Waals surface area (Å²) in [5.74, 6) is -1.13. The first-order valence-corrected chi connectivity index (χ1v) is 8.89. The van der Waals surface area contributed by atoms with Crippen molar-refractivity contribution in [2.24, 2.45) is 11.8 Å². The fourth-order valence-corrected chi connectivity index (χ4v) is 3.88. The Labute approximate surface area is 146 Å². The number of nitrogens with one attached hydrogen (secondary N) is 1. The van der Waals surface area contributed by atoms with Crippen LogP contribution in [0.1, 0.15) is 44.3 Å². The first-order valence-electron chi connectivity index (χ1n) is 8.89. The molecule has 2 aliphatic rings. The standard InChI is InChI=1S/C18H24N2O5/c21-16(19-11-14-6-3-9-25-14)15-7-2-8-20(15)17(22)12-4-1-5-13(10-12)18(23)24/h3,6,9,12-13,15H,1-2,4-5,7-8,10-11H2,(H,19,21)(H,23,24). The monoisotopic (exact) mass is 348 g/mol. The van der Waals surface area contributed by atoms with Gasteiger partial charge in [-0.3, -0.25) is 14.4 Å². The molecule has 0 radical (unpaired) electrons. The van der Waals surface area contributed by atoms with Crippen molar-refractivity contribution in [3.63, 3.8) is 0 Å². The summed E-state index contributed by atoms with van der Waals surface area (Å²) in [6, 6.07) is 3.08. The zero-order valence-electron chi connectivity index (χ0n) is 14.1. The smallest absolute Gasteiger partial charge is 0.306 e. The van der Waals surface area contributed by atoms with Crippen molar-refractivity contribution < 1.29 is 23.9 Å². The average Bonchev–Trinajstić information content (AvgIpc) is 3.30. The van der Waals surface area contributed by atoms with E-state index in [1.807, 2.05) is 0 Å². The van der Waals surface area contributed by atoms with E-state index in [1.54, 1.807) is 23.3 Å². The second kappa shape index (κ2) is 7.72. The molecule has 1 saturated heterocycles. The second-order valence-electron chi connectivity index (χ2n) is 6.89. The van der Waals surface area contributed by atoms with Gasteiger partial charge in [0, 0.05) is 12.5 Å². The van der Waals surface area contributed by atoms with Crippen molar-refractivity contribution in [3.05, 3.63) is 24.2 Å². The summed E-state index contributed by atoms with van der Waals surface area (Å²) in [4.78, 5) is 38.2. The molecule has 2 N–H and O–H groups in total. The van der Waals surface area contributed by atoms with Crippen molar-refractivity contribution in [2.45, 2.75) is 51.1 Å². The van der Waals surface area contributed by atoms with E-state index in [0.717, 1.165) is 12.8 Å². The van der Waals surface area contributed by atoms with Crippen LogP contribution in [-0.2, 0) is 20.9 Å². The minimum atomic E-state index is -0.827. The van der Waals surface area contributed by atoms with Gasteiger partial charge in [0.05, 0.1) is 18.7 Å². The maximum Gasteiger partial charge on any atom is 0.306 e. The molecule has 3 unspecified atom stereocenters. The Kier molecular flexibility index (Phi) is 5.40. The summed E-state index contributed by atoms with van der Waals surface area (Å²) in [6.07, 6.45) is 5.45. The molecule has 25 heavy (non-hydrogen) atoms. The van der Waals surface area contributed by atoms with Gasteiger partial charge in [0.2, 0.25) is 11.8 Å². The lowest BCUT2D eigenvalue weighted by Crippen LogP contribution is -2.48. The summed E-state index contributed by atoms with van der Waals surface area (Å²) in [7, 11) is 0. The van der Waals surface area contributed by atoms with Crippen LogP contribution in [0, 0.1) is 11.8 Å². The van der Waals surface area contributed by atoms with Gasteiger partial charge < -0.3 is 19.7 Å². The van der Waals surface area contributed by atoms with Crippen LogP contribution in [0.5, 0.6) is 0 Å². The highest BCUT2D eigenvalue weighted by Gasteiger charge is 2.39. The third-order valence-corrected chi connectivity index (χ3v) is 5.23. The molecular weight excluding hydrogens is 324 g/mol. The van der Waals surface area contributed by atoms with E-state index in [1.165, 1.54) is 0 Å². The van der Waals surface area contributed by atoms with Crippen LogP contribution in [0.4, 0.5) is 0 Å². The molecule has 0 aromatic carbocycles. The van der Waals surface area contributed by atoms with Crippen molar-refractivity contribution in [2.75, 3.05) is 6.54 Å². The van der Waals surface area contributed by atoms with Gasteiger partial charge in [-0.1, -0.05) is 6.42 Å². The summed E-state index contributed by atoms with van der Waals surface area (Å²) in [5.41, 5.74) is 0. The predicted octanol–water partition coefficient (Wildman–Crippen LogP) is 1.78. The van der Waals surface area contributed by atoms with Crippen molar-refractivity contribution in [3.8, 4) is 0 Å². The number of carboxylic acid groups (broad SMARTS) is 1. The first kappa shape index (κ1) is 17.5. The fourth-order valence-electron chi connectivity index (χ4n) is 3.88. The molecule has 2 heterocycles. The number of hydrogen-bond donors (Lipinski definition) is 2. The number of carboxylic acids is 1. The zero-order valence-corrected chi connectivity index (χ0v) is 14.1. The van der Waals surface area contributed by atoms with Crippen LogP contribution < -0.4 is 5.32 Å². The van der Waals surface area contributed by atoms with E-state index in [9.17, 15) is 19.5 Å². The molecule has 2 amide bonds. The highest BCUT2D eigenvalue weighted by molar-refractivity contribution is 5.89. The predicted molar refractivity (Wildman–Crippen MR) is 88.4 cm³/mol. The summed E-state index contributed by atoms with van der Waals surface area (Å²) < 4.78 is 5.20. The van der Waals surface area contributed by atoms with E-state index < -0.39 is 17.9 Å². The molecule has 1 aromatic rings. The number of carbonyl (C=O) groups excluding carboxylic acids is 2. The minimum Gasteiger partial charge on any atom is -0.481 e. The van der Waals surface area contributed by atoms with Gasteiger partial charge in [-0.15, -0.1) is 0 Å². The van der Waals surface area contributed by atoms with Gasteiger partial charge >= 0.3 is 5.97 Å². The summed E-state index contributed by atoms with van der Waals surface area (Å²) in [5, 5.41) is 12.0. The van der Waals surface area contributed by atoms with E-state index in [4.69, 9.17) is 4.42 Å². The molecule has 3 rings (SSSR count). The lowest BCUT2D eigenvalue weighted by Gasteiger charge is -2.31. The average molecular weight is 348 g/mol. The molecule has 2 fully saturated rings. The highest BCUT2D eigenvalue weighted by Crippen LogP contribution is 2.32. The number of aliphatic carboxylic acids is 1. The van der Waals surface area contributed by atoms with Crippen molar-refractivity contribution >= 4 is 17.8 Å². The Hall–Kier alpha value is -2.31. The molecule has 1 aliphatic heterocycles. The van der Waals surface area contributed by atoms with Gasteiger partial charge in [-0.05, 0) is 44.2 Å². The third kappa shape index (κ3) is 4.03. The van der Waals surface area contributed by atoms with Gasteiger partial charge in [-0.25, -0.2) is 0 Å². The molecule has 1 aliphatic carbocycles. The fraction of sp³-hybridized carbons (Fsp3) is 0.611. The SMILES string of the molecule is O=C(O)C1CCCC(C(=O)N2CCCC2C(=O)NCc2ccco2)C1. The van der Waals surface area contributed by atoms with Crippen molar-refractivity contribution in [1.29, 1.82) is 0 Å². The van der Waals surface area contributed by atoms with Gasteiger partial charge in [0.25, 0.3) is 0 Å². The molecule has 1 saturated carbocycles. The van der Waals surface area contributed by atoms with Crippen LogP contribution in [0.2, 0.25) is 0 Å². The van der Waals surface area contributed by atoms with Gasteiger partial charge in [0.15, 0.2) is 0 Å². The van der Waals surface area contributed by atoms with Gasteiger partial charge in [-0.2, -0.15) is 0 Å². The second-order valence-corrected chi connectivity index (χ2v) is 6.89. The number of amides is 2. The quantitative estimate of drug-likeness (QED) is 0.845. The maximum atomic E-state index is 12.9. The van der Waals surface area contributed by atoms with Crippen molar-refractivity contribution in [1.82, 2.24) is 10.2 Å². The van der Waals surface area contributed by atoms with Crippen LogP contribution in [0.3, 0.4) is 0 Å². The maximum absolute atomic E-state index is 12.9. The largest absolute Gasteiger partial charge is 0.481 e. The van der Waals surface area contributed by atoms with Crippen LogP contribution in [-0.4, -0.2) is 40.4 Å². The van der Waals surface area contributed by atoms with Crippen LogP contribution in [0.25, 0.3) is 0 Å². The van der Waals surface area contributed by atoms with E-state index in [0.29, 0.717) is 44.5 Å². The molecule has 0 bridgehead atoms. The number of nitrogens with zero attached hydrogens (tertiary/aromatic N) is 1. The molecular formula is C18H24N2O5. The Morgan fingerprint density at radius 1 is 1.20 bits per heavy atom. The minimum absolute atomic E-state index is 0.0680. The Bertz CT molecular complexity index is 627. The van der Waals surface area contributed by atoms with Crippen LogP contribution >= 0.6 is 0 Å². The number of hydrogen-bond acceptors (Lipinski definition) is 4. The van der Waals surface area contributed by atoms with Crippen LogP contribution in [0.15, 0.2) is 22.8 Å². The molecule has 136 valence electrons. The summed E-state index contributed by atoms with van der Waals surface area (Å²) in [6.45, 7) is 0.862. The Morgan fingerprint density at radius 3 is 2.72 bits per heavy atom. The molecule has 7 heteroatoms. The Morgan fingerprint density at radius 2 is 2.00 bits per heavy atom. The number of rotatable bonds is 5. The molecule has 0 spiro atoms. The zero-order chi connectivity index (χ0) is 17.8. The lowest BCUT2D eigenvalue weighted by molar-refractivity contribution is -0.147. The Balaban J connectivity index is 1.59. The number of likely N-dealkylation sites (tertiary alicyclic amines) is 1. The molecule has 1 aromatic heterocycles. The number of carbonyl (C=O) groups is 3. The normalized spacial score (nSPS) is 26.4. The lowest BCUT2D eigenvalue weighted by atomic mass is 9.80. The van der Waals surface area contributed by atoms with E-state index >= 15 is 0 Å². The third-order valence-electron chi connectivity index (χ3n) is 5.23. The first-order chi connectivity index (χ1) is 12.1. The topological polar surface area (TPSA) is 99.9 Å². The highest BCUT2D eigenvalue weighted by atomic mass is 16.4. The van der Waals surface area contributed by atoms with E-state index in [-0.39, 0.29) is 17.7 Å².